The molecule has 0 saturated heterocycles. The maximum absolute atomic E-state index is 14.5. The summed E-state index contributed by atoms with van der Waals surface area (Å²) in [7, 11) is 0. The van der Waals surface area contributed by atoms with E-state index in [0.29, 0.717) is 41.3 Å². The van der Waals surface area contributed by atoms with Gasteiger partial charge in [-0.25, -0.2) is 8.78 Å². The number of nitrogens with one attached hydrogen (secondary N) is 1. The van der Waals surface area contributed by atoms with Gasteiger partial charge < -0.3 is 10.7 Å². The van der Waals surface area contributed by atoms with E-state index in [4.69, 9.17) is 5.73 Å². The summed E-state index contributed by atoms with van der Waals surface area (Å²) in [5.41, 5.74) is 8.91. The number of Topliss-reactive ketones (excluding diaryl/α,β-unsaturated/α-hetero) is 1. The van der Waals surface area contributed by atoms with Crippen molar-refractivity contribution in [1.29, 1.82) is 0 Å². The molecule has 3 N–H and O–H groups in total. The lowest BCUT2D eigenvalue weighted by Crippen LogP contribution is -2.20. The SMILES string of the molecule is CC(=O)C1CCc2c([nH]c3c(CC(N)=O)ccc(-c4c(F)cccc4F)c23)C1. The minimum Gasteiger partial charge on any atom is -0.369 e. The highest BCUT2D eigenvalue weighted by atomic mass is 19.1. The second kappa shape index (κ2) is 6.86. The number of hydrogen-bond acceptors (Lipinski definition) is 2. The second-order valence-electron chi connectivity index (χ2n) is 7.39. The van der Waals surface area contributed by atoms with E-state index >= 15 is 0 Å². The zero-order valence-corrected chi connectivity index (χ0v) is 15.4. The molecule has 0 saturated carbocycles. The van der Waals surface area contributed by atoms with Crippen LogP contribution in [0.2, 0.25) is 0 Å². The average molecular weight is 382 g/mol. The van der Waals surface area contributed by atoms with E-state index in [1.54, 1.807) is 19.1 Å². The molecule has 1 aliphatic carbocycles. The van der Waals surface area contributed by atoms with Crippen molar-refractivity contribution in [2.24, 2.45) is 11.7 Å². The number of carbonyl (C=O) groups is 2. The van der Waals surface area contributed by atoms with Crippen LogP contribution in [0, 0.1) is 17.6 Å². The molecule has 1 amide bonds. The van der Waals surface area contributed by atoms with Crippen molar-refractivity contribution >= 4 is 22.6 Å². The fraction of sp³-hybridized carbons (Fsp3) is 0.273. The van der Waals surface area contributed by atoms with Gasteiger partial charge >= 0.3 is 0 Å². The van der Waals surface area contributed by atoms with Gasteiger partial charge in [0, 0.05) is 17.0 Å². The molecule has 144 valence electrons. The van der Waals surface area contributed by atoms with Crippen molar-refractivity contribution in [3.63, 3.8) is 0 Å². The van der Waals surface area contributed by atoms with E-state index in [1.807, 2.05) is 0 Å². The van der Waals surface area contributed by atoms with Crippen LogP contribution in [0.1, 0.15) is 30.2 Å². The Morgan fingerprint density at radius 1 is 1.18 bits per heavy atom. The van der Waals surface area contributed by atoms with Crippen LogP contribution in [0.15, 0.2) is 30.3 Å². The van der Waals surface area contributed by atoms with E-state index in [9.17, 15) is 18.4 Å². The van der Waals surface area contributed by atoms with Crippen molar-refractivity contribution in [2.45, 2.75) is 32.6 Å². The van der Waals surface area contributed by atoms with Crippen molar-refractivity contribution < 1.29 is 18.4 Å². The van der Waals surface area contributed by atoms with Crippen LogP contribution in [0.5, 0.6) is 0 Å². The van der Waals surface area contributed by atoms with Gasteiger partial charge in [0.15, 0.2) is 0 Å². The van der Waals surface area contributed by atoms with Crippen molar-refractivity contribution in [3.8, 4) is 11.1 Å². The molecule has 1 aromatic heterocycles. The molecular formula is C22H20F2N2O2. The van der Waals surface area contributed by atoms with Gasteiger partial charge in [0.25, 0.3) is 0 Å². The number of H-pyrrole nitrogens is 1. The molecule has 1 heterocycles. The molecule has 3 aromatic rings. The molecule has 0 spiro atoms. The van der Waals surface area contributed by atoms with Crippen LogP contribution in [0.3, 0.4) is 0 Å². The van der Waals surface area contributed by atoms with Crippen LogP contribution in [0.4, 0.5) is 8.78 Å². The molecule has 0 aliphatic heterocycles. The minimum atomic E-state index is -0.642. The summed E-state index contributed by atoms with van der Waals surface area (Å²) in [4.78, 5) is 26.7. The Morgan fingerprint density at radius 2 is 1.89 bits per heavy atom. The molecule has 1 aliphatic rings. The van der Waals surface area contributed by atoms with Gasteiger partial charge in [-0.05, 0) is 55.0 Å². The zero-order valence-electron chi connectivity index (χ0n) is 15.4. The number of carbonyl (C=O) groups excluding carboxylic acids is 2. The topological polar surface area (TPSA) is 75.9 Å². The molecule has 4 nitrogen and oxygen atoms in total. The number of aromatic amines is 1. The third-order valence-electron chi connectivity index (χ3n) is 5.60. The maximum Gasteiger partial charge on any atom is 0.221 e. The number of benzene rings is 2. The maximum atomic E-state index is 14.5. The van der Waals surface area contributed by atoms with Gasteiger partial charge in [0.1, 0.15) is 17.4 Å². The monoisotopic (exact) mass is 382 g/mol. The zero-order chi connectivity index (χ0) is 20.0. The quantitative estimate of drug-likeness (QED) is 0.719. The predicted molar refractivity (Wildman–Crippen MR) is 103 cm³/mol. The Balaban J connectivity index is 2.00. The van der Waals surface area contributed by atoms with Crippen molar-refractivity contribution in [1.82, 2.24) is 4.98 Å². The Bertz CT molecular complexity index is 1100. The van der Waals surface area contributed by atoms with E-state index in [2.05, 4.69) is 4.98 Å². The van der Waals surface area contributed by atoms with E-state index in [-0.39, 0.29) is 23.7 Å². The number of aryl methyl sites for hydroxylation is 1. The van der Waals surface area contributed by atoms with E-state index in [1.165, 1.54) is 18.2 Å². The van der Waals surface area contributed by atoms with Gasteiger partial charge in [0.05, 0.1) is 17.5 Å². The molecular weight excluding hydrogens is 362 g/mol. The van der Waals surface area contributed by atoms with Gasteiger partial charge in [-0.3, -0.25) is 9.59 Å². The fourth-order valence-electron chi connectivity index (χ4n) is 4.24. The minimum absolute atomic E-state index is 0.0199. The number of rotatable bonds is 4. The molecule has 6 heteroatoms. The van der Waals surface area contributed by atoms with E-state index < -0.39 is 17.5 Å². The number of nitrogens with two attached hydrogens (primary N) is 1. The van der Waals surface area contributed by atoms with Gasteiger partial charge in [-0.2, -0.15) is 0 Å². The second-order valence-corrected chi connectivity index (χ2v) is 7.39. The van der Waals surface area contributed by atoms with Gasteiger partial charge in [-0.1, -0.05) is 18.2 Å². The fourth-order valence-corrected chi connectivity index (χ4v) is 4.24. The van der Waals surface area contributed by atoms with Crippen LogP contribution in [-0.2, 0) is 28.9 Å². The number of ketones is 1. The molecule has 1 atom stereocenters. The van der Waals surface area contributed by atoms with E-state index in [0.717, 1.165) is 11.3 Å². The lowest BCUT2D eigenvalue weighted by Gasteiger charge is -2.20. The number of aromatic nitrogens is 1. The predicted octanol–water partition coefficient (Wildman–Crippen LogP) is 3.83. The molecule has 2 aromatic carbocycles. The molecule has 0 radical (unpaired) electrons. The highest BCUT2D eigenvalue weighted by molar-refractivity contribution is 6.02. The number of amides is 1. The van der Waals surface area contributed by atoms with Gasteiger partial charge in [0.2, 0.25) is 5.91 Å². The first-order chi connectivity index (χ1) is 13.4. The van der Waals surface area contributed by atoms with Crippen LogP contribution in [0.25, 0.3) is 22.0 Å². The summed E-state index contributed by atoms with van der Waals surface area (Å²) < 4.78 is 29.0. The molecule has 0 bridgehead atoms. The Hall–Kier alpha value is -3.02. The average Bonchev–Trinajstić information content (AvgIpc) is 3.02. The summed E-state index contributed by atoms with van der Waals surface area (Å²) in [6, 6.07) is 7.11. The third kappa shape index (κ3) is 2.99. The lowest BCUT2D eigenvalue weighted by molar-refractivity contribution is -0.121. The molecule has 4 rings (SSSR count). The van der Waals surface area contributed by atoms with Crippen molar-refractivity contribution in [3.05, 3.63) is 58.8 Å². The summed E-state index contributed by atoms with van der Waals surface area (Å²) in [5, 5.41) is 0.708. The number of primary amides is 1. The summed E-state index contributed by atoms with van der Waals surface area (Å²) in [5.74, 6) is -1.72. The smallest absolute Gasteiger partial charge is 0.221 e. The van der Waals surface area contributed by atoms with Crippen LogP contribution >= 0.6 is 0 Å². The largest absolute Gasteiger partial charge is 0.369 e. The summed E-state index contributed by atoms with van der Waals surface area (Å²) in [6.45, 7) is 1.58. The molecule has 28 heavy (non-hydrogen) atoms. The normalized spacial score (nSPS) is 16.2. The third-order valence-corrected chi connectivity index (χ3v) is 5.60. The molecule has 1 unspecified atom stereocenters. The highest BCUT2D eigenvalue weighted by Crippen LogP contribution is 2.40. The first-order valence-corrected chi connectivity index (χ1v) is 9.25. The Kier molecular flexibility index (Phi) is 4.49. The number of halogens is 2. The van der Waals surface area contributed by atoms with Crippen LogP contribution < -0.4 is 5.73 Å². The highest BCUT2D eigenvalue weighted by Gasteiger charge is 2.28. The Morgan fingerprint density at radius 3 is 2.54 bits per heavy atom. The summed E-state index contributed by atoms with van der Waals surface area (Å²) in [6.07, 6.45) is 1.89. The molecule has 0 fully saturated rings. The van der Waals surface area contributed by atoms with Crippen molar-refractivity contribution in [2.75, 3.05) is 0 Å². The standard InChI is InChI=1S/C22H20F2N2O2/c1-11(27)12-5-7-14-18(9-12)26-22-13(10-19(25)28)6-8-15(20(14)22)21-16(23)3-2-4-17(21)24/h2-4,6,8,12,26H,5,7,9-10H2,1H3,(H2,25,28). The lowest BCUT2D eigenvalue weighted by atomic mass is 9.83. The first-order valence-electron chi connectivity index (χ1n) is 9.25. The number of hydrogen-bond donors (Lipinski definition) is 2. The van der Waals surface area contributed by atoms with Gasteiger partial charge in [-0.15, -0.1) is 0 Å². The first kappa shape index (κ1) is 18.3. The number of fused-ring (bicyclic) bond motifs is 3. The Labute approximate surface area is 160 Å². The summed E-state index contributed by atoms with van der Waals surface area (Å²) >= 11 is 0. The van der Waals surface area contributed by atoms with Crippen LogP contribution in [-0.4, -0.2) is 16.7 Å².